The third kappa shape index (κ3) is 30.5. The molecule has 6 saturated heterocycles. The summed E-state index contributed by atoms with van der Waals surface area (Å²) in [5.41, 5.74) is -3.71. The van der Waals surface area contributed by atoms with Crippen LogP contribution in [0, 0.1) is 0 Å². The first kappa shape index (κ1) is 95.3. The number of carbonyl (C=O) groups excluding carboxylic acids is 4. The molecule has 9 heterocycles. The molecule has 0 unspecified atom stereocenters. The molecule has 9 rings (SSSR count). The van der Waals surface area contributed by atoms with Crippen LogP contribution in [0.15, 0.2) is 18.6 Å². The fraction of sp³-hybridized carbons (Fsp3) is 0.845. The third-order valence-corrected chi connectivity index (χ3v) is 19.4. The molecule has 3 aromatic heterocycles. The average Bonchev–Trinajstić information content (AvgIpc) is 1.60. The highest BCUT2D eigenvalue weighted by Crippen LogP contribution is 2.40. The Labute approximate surface area is 680 Å². The highest BCUT2D eigenvalue weighted by atomic mass is 16.8. The van der Waals surface area contributed by atoms with Crippen LogP contribution in [0.3, 0.4) is 0 Å². The van der Waals surface area contributed by atoms with Gasteiger partial charge < -0.3 is 162 Å². The predicted octanol–water partition coefficient (Wildman–Crippen LogP) is -6.65. The summed E-state index contributed by atoms with van der Waals surface area (Å²) in [5, 5.41) is 112. The Morgan fingerprint density at radius 2 is 0.703 bits per heavy atom. The molecule has 0 aromatic carbocycles. The molecule has 0 aliphatic carbocycles. The Kier molecular flexibility index (Phi) is 40.5. The minimum absolute atomic E-state index is 0.0181. The SMILES string of the molecule is CC(=O)N[C@H]1[C@H]2OC[C@](COCCOCCOCCOCCn3cc(COCC(COCc4cn(CCOCCOCCOCCOC[C@@]56CO[C@@H](O5)[C@H](NC(C)=O)[C@@H](O)[C@H]6O)nn4)(COCc4cn(CCOCCOCCOCCOC[C@@]56CO[C@@H](O5)[C@H](NC(C)=O)[C@@H](O)[C@H]6O)nn4)NC(=O)CCCCCNC(=O)O)nn3)(O2)[C@H](O)[C@@H]1O. The fourth-order valence-corrected chi connectivity index (χ4v) is 13.4. The van der Waals surface area contributed by atoms with Crippen molar-refractivity contribution in [3.63, 3.8) is 0 Å². The average molecular weight is 1700 g/mol. The molecule has 0 saturated carbocycles. The first-order chi connectivity index (χ1) is 57.1. The Morgan fingerprint density at radius 3 is 0.992 bits per heavy atom. The molecule has 5 amide bonds. The maximum atomic E-state index is 14.0. The number of unbranched alkanes of at least 4 members (excludes halogenated alkanes) is 2. The van der Waals surface area contributed by atoms with Gasteiger partial charge in [0.05, 0.1) is 256 Å². The zero-order valence-electron chi connectivity index (χ0n) is 66.9. The predicted molar refractivity (Wildman–Crippen MR) is 394 cm³/mol. The summed E-state index contributed by atoms with van der Waals surface area (Å²) < 4.78 is 126. The highest BCUT2D eigenvalue weighted by molar-refractivity contribution is 5.77. The van der Waals surface area contributed by atoms with Gasteiger partial charge in [-0.25, -0.2) is 18.8 Å². The van der Waals surface area contributed by atoms with E-state index in [0.717, 1.165) is 0 Å². The quantitative estimate of drug-likeness (QED) is 0.0234. The topological polar surface area (TPSA) is 573 Å². The van der Waals surface area contributed by atoms with Crippen LogP contribution in [-0.4, -0.2) is 411 Å². The van der Waals surface area contributed by atoms with Crippen molar-refractivity contribution in [1.29, 1.82) is 0 Å². The van der Waals surface area contributed by atoms with Gasteiger partial charge in [-0.2, -0.15) is 0 Å². The van der Waals surface area contributed by atoms with Crippen LogP contribution < -0.4 is 26.6 Å². The third-order valence-electron chi connectivity index (χ3n) is 19.4. The van der Waals surface area contributed by atoms with Crippen LogP contribution in [0.4, 0.5) is 4.79 Å². The molecule has 47 nitrogen and oxygen atoms in total. The van der Waals surface area contributed by atoms with Crippen LogP contribution in [0.25, 0.3) is 0 Å². The lowest BCUT2D eigenvalue weighted by Crippen LogP contribution is -2.66. The maximum absolute atomic E-state index is 14.0. The first-order valence-electron chi connectivity index (χ1n) is 39.5. The van der Waals surface area contributed by atoms with Gasteiger partial charge in [0.25, 0.3) is 0 Å². The number of ether oxygens (including phenoxy) is 21. The smallest absolute Gasteiger partial charge is 0.404 e. The minimum Gasteiger partial charge on any atom is -0.465 e. The number of nitrogens with one attached hydrogen (secondary N) is 5. The van der Waals surface area contributed by atoms with Crippen molar-refractivity contribution in [2.75, 3.05) is 205 Å². The molecular formula is C71H118N14O33. The van der Waals surface area contributed by atoms with Crippen molar-refractivity contribution in [3.8, 4) is 0 Å². The minimum atomic E-state index is -1.35. The second-order valence-corrected chi connectivity index (χ2v) is 29.0. The van der Waals surface area contributed by atoms with Gasteiger partial charge in [0.2, 0.25) is 23.6 Å². The number of hydrogen-bond acceptors (Lipinski definition) is 38. The standard InChI is InChI=1S/C71H118N14O33/c1-48(86)73-55-58(90)61(93)69(45-113-64(55)116-69)42-107-30-27-104-24-21-101-18-15-98-12-9-83-33-51(77-80-83)36-110-39-68(76-54(89)7-5-4-6-8-72-67(96)97,40-111-37-52-34-84(81-78-52)10-13-99-16-19-102-22-25-105-28-31-108-43-70-46-114-65(117-70)56(74-49(2)87)59(91)62(70)94)41-112-38-53-35-85(82-79-53)11-14-100-17-20-103-23-26-106-29-32-109-44-71-47-115-66(118-71)57(75-50(3)88)60(92)63(71)95/h33-35,55-66,72,90-95H,4-32,36-47H2,1-3H3,(H,73,86)(H,74,87)(H,75,88)(H,76,89)(H,96,97)/t55-,56-,57-,58-,59-,60-,61-,62-,63-,64+,65+,66+,69+,70+,71+/m1/s1. The second-order valence-electron chi connectivity index (χ2n) is 29.0. The summed E-state index contributed by atoms with van der Waals surface area (Å²) in [6, 6.07) is -2.74. The maximum Gasteiger partial charge on any atom is 0.404 e. The molecule has 3 aromatic rings. The van der Waals surface area contributed by atoms with Crippen LogP contribution >= 0.6 is 0 Å². The summed E-state index contributed by atoms with van der Waals surface area (Å²) in [5.74, 6) is -1.52. The number of rotatable bonds is 64. The van der Waals surface area contributed by atoms with Crippen molar-refractivity contribution in [1.82, 2.24) is 71.6 Å². The van der Waals surface area contributed by atoms with Crippen molar-refractivity contribution in [2.24, 2.45) is 0 Å². The lowest BCUT2D eigenvalue weighted by molar-refractivity contribution is -0.238. The first-order valence-corrected chi connectivity index (χ1v) is 39.5. The number of amides is 5. The van der Waals surface area contributed by atoms with Gasteiger partial charge >= 0.3 is 6.09 Å². The molecular weight excluding hydrogens is 1580 g/mol. The molecule has 6 bridgehead atoms. The van der Waals surface area contributed by atoms with Gasteiger partial charge in [0.1, 0.15) is 94.2 Å². The summed E-state index contributed by atoms with van der Waals surface area (Å²) in [7, 11) is 0. The number of aliphatic hydroxyl groups excluding tert-OH is 6. The van der Waals surface area contributed by atoms with Crippen molar-refractivity contribution >= 4 is 29.7 Å². The molecule has 6 fully saturated rings. The van der Waals surface area contributed by atoms with E-state index >= 15 is 0 Å². The van der Waals surface area contributed by atoms with Crippen molar-refractivity contribution in [3.05, 3.63) is 35.7 Å². The molecule has 47 heteroatoms. The Bertz CT molecular complexity index is 3100. The van der Waals surface area contributed by atoms with Gasteiger partial charge in [-0.1, -0.05) is 22.1 Å². The Hall–Kier alpha value is -6.51. The van der Waals surface area contributed by atoms with E-state index in [1.807, 2.05) is 0 Å². The summed E-state index contributed by atoms with van der Waals surface area (Å²) >= 11 is 0. The molecule has 15 atom stereocenters. The van der Waals surface area contributed by atoms with Crippen LogP contribution in [0.1, 0.15) is 63.5 Å². The van der Waals surface area contributed by atoms with E-state index in [4.69, 9.17) is 105 Å². The molecule has 118 heavy (non-hydrogen) atoms. The van der Waals surface area contributed by atoms with Gasteiger partial charge in [-0.05, 0) is 12.8 Å². The number of hydrogen-bond donors (Lipinski definition) is 12. The van der Waals surface area contributed by atoms with Crippen LogP contribution in [-0.2, 0) is 158 Å². The molecule has 0 radical (unpaired) electrons. The summed E-state index contributed by atoms with van der Waals surface area (Å²) in [6.45, 7) is 10.1. The lowest BCUT2D eigenvalue weighted by Gasteiger charge is -2.42. The van der Waals surface area contributed by atoms with E-state index in [9.17, 15) is 54.6 Å². The van der Waals surface area contributed by atoms with E-state index in [2.05, 4.69) is 57.5 Å². The van der Waals surface area contributed by atoms with E-state index in [1.165, 1.54) is 20.8 Å². The Morgan fingerprint density at radius 1 is 0.415 bits per heavy atom. The zero-order valence-corrected chi connectivity index (χ0v) is 66.9. The number of aliphatic hydroxyl groups is 6. The van der Waals surface area contributed by atoms with Gasteiger partial charge in [0.15, 0.2) is 18.9 Å². The number of carbonyl (C=O) groups is 5. The van der Waals surface area contributed by atoms with Crippen molar-refractivity contribution in [2.45, 2.75) is 182 Å². The summed E-state index contributed by atoms with van der Waals surface area (Å²) in [4.78, 5) is 59.7. The van der Waals surface area contributed by atoms with E-state index in [1.54, 1.807) is 32.6 Å². The molecule has 0 spiro atoms. The Balaban J connectivity index is 0.678. The fourth-order valence-electron chi connectivity index (χ4n) is 13.4. The second kappa shape index (κ2) is 50.2. The normalized spacial score (nSPS) is 26.4. The largest absolute Gasteiger partial charge is 0.465 e. The van der Waals surface area contributed by atoms with Gasteiger partial charge in [0, 0.05) is 33.7 Å². The highest BCUT2D eigenvalue weighted by Gasteiger charge is 2.62. The number of aromatic nitrogens is 9. The lowest BCUT2D eigenvalue weighted by atomic mass is 9.88. The van der Waals surface area contributed by atoms with E-state index < -0.39 is 120 Å². The molecule has 6 aliphatic rings. The zero-order chi connectivity index (χ0) is 84.0. The molecule has 12 N–H and O–H groups in total. The van der Waals surface area contributed by atoms with E-state index in [-0.39, 0.29) is 177 Å². The number of fused-ring (bicyclic) bond motifs is 6. The van der Waals surface area contributed by atoms with E-state index in [0.29, 0.717) is 115 Å². The van der Waals surface area contributed by atoms with Gasteiger partial charge in [-0.15, -0.1) is 15.3 Å². The van der Waals surface area contributed by atoms with Crippen LogP contribution in [0.5, 0.6) is 0 Å². The monoisotopic (exact) mass is 1690 g/mol. The van der Waals surface area contributed by atoms with Gasteiger partial charge in [-0.3, -0.25) is 19.2 Å². The van der Waals surface area contributed by atoms with Crippen molar-refractivity contribution < 1.29 is 159 Å². The molecule has 670 valence electrons. The number of carboxylic acid groups (broad SMARTS) is 1. The summed E-state index contributed by atoms with van der Waals surface area (Å²) in [6.07, 6.45) is -5.10. The van der Waals surface area contributed by atoms with Crippen LogP contribution in [0.2, 0.25) is 0 Å². The molecule has 6 aliphatic heterocycles. The number of nitrogens with zero attached hydrogens (tertiary/aromatic N) is 9.